The molecule has 0 fully saturated rings. The molecule has 0 aliphatic carbocycles. The van der Waals surface area contributed by atoms with E-state index in [9.17, 15) is 4.79 Å². The van der Waals surface area contributed by atoms with Crippen LogP contribution in [0.2, 0.25) is 0 Å². The summed E-state index contributed by atoms with van der Waals surface area (Å²) in [7, 11) is 1.53. The van der Waals surface area contributed by atoms with Crippen LogP contribution in [0.4, 0.5) is 0 Å². The third-order valence-electron chi connectivity index (χ3n) is 1.68. The van der Waals surface area contributed by atoms with E-state index in [4.69, 9.17) is 14.7 Å². The summed E-state index contributed by atoms with van der Waals surface area (Å²) >= 11 is 0. The Kier molecular flexibility index (Phi) is 2.32. The normalized spacial score (nSPS) is 28.0. The van der Waals surface area contributed by atoms with Gasteiger partial charge in [-0.25, -0.2) is 4.79 Å². The van der Waals surface area contributed by atoms with Crippen LogP contribution in [0.3, 0.4) is 0 Å². The lowest BCUT2D eigenvalue weighted by atomic mass is 10.0. The average molecular weight is 173 g/mol. The number of ether oxygens (including phenoxy) is 1. The molecule has 5 nitrogen and oxygen atoms in total. The van der Waals surface area contributed by atoms with E-state index >= 15 is 0 Å². The van der Waals surface area contributed by atoms with Crippen molar-refractivity contribution in [2.24, 2.45) is 5.16 Å². The second kappa shape index (κ2) is 3.10. The van der Waals surface area contributed by atoms with Crippen molar-refractivity contribution >= 4 is 11.7 Å². The van der Waals surface area contributed by atoms with Gasteiger partial charge in [0.2, 0.25) is 5.60 Å². The first-order chi connectivity index (χ1) is 5.58. The van der Waals surface area contributed by atoms with E-state index in [1.165, 1.54) is 14.0 Å². The molecule has 1 unspecified atom stereocenters. The largest absolute Gasteiger partial charge is 0.478 e. The summed E-state index contributed by atoms with van der Waals surface area (Å²) in [5.74, 6) is -1.00. The molecule has 1 aliphatic heterocycles. The average Bonchev–Trinajstić information content (AvgIpc) is 2.34. The summed E-state index contributed by atoms with van der Waals surface area (Å²) < 4.78 is 4.80. The predicted octanol–water partition coefficient (Wildman–Crippen LogP) is 0.252. The van der Waals surface area contributed by atoms with Crippen LogP contribution in [0.25, 0.3) is 0 Å². The first-order valence-electron chi connectivity index (χ1n) is 3.55. The number of nitrogens with zero attached hydrogens (tertiary/aromatic N) is 1. The highest BCUT2D eigenvalue weighted by Crippen LogP contribution is 2.23. The monoisotopic (exact) mass is 173 g/mol. The van der Waals surface area contributed by atoms with E-state index in [-0.39, 0.29) is 6.42 Å². The standard InChI is InChI=1S/C7H11NO4/c1-7(6(9)10)3-5(4-11-2)8-12-7/h3-4H2,1-2H3,(H,9,10). The maximum atomic E-state index is 10.6. The third kappa shape index (κ3) is 1.55. The summed E-state index contributed by atoms with van der Waals surface area (Å²) in [6.07, 6.45) is 0.288. The van der Waals surface area contributed by atoms with Crippen molar-refractivity contribution in [3.63, 3.8) is 0 Å². The molecule has 68 valence electrons. The lowest BCUT2D eigenvalue weighted by Gasteiger charge is -2.14. The molecule has 1 aliphatic rings. The van der Waals surface area contributed by atoms with Gasteiger partial charge in [0.15, 0.2) is 0 Å². The molecule has 0 aromatic rings. The Hall–Kier alpha value is -1.10. The van der Waals surface area contributed by atoms with Gasteiger partial charge in [-0.05, 0) is 6.92 Å². The lowest BCUT2D eigenvalue weighted by Crippen LogP contribution is -2.35. The molecule has 1 heterocycles. The second-order valence-corrected chi connectivity index (χ2v) is 2.89. The van der Waals surface area contributed by atoms with Crippen molar-refractivity contribution in [3.8, 4) is 0 Å². The summed E-state index contributed by atoms with van der Waals surface area (Å²) in [5.41, 5.74) is -0.573. The highest BCUT2D eigenvalue weighted by molar-refractivity contribution is 5.93. The van der Waals surface area contributed by atoms with Crippen LogP contribution in [0.5, 0.6) is 0 Å². The fourth-order valence-corrected chi connectivity index (χ4v) is 0.978. The molecule has 1 rings (SSSR count). The molecular formula is C7H11NO4. The van der Waals surface area contributed by atoms with Crippen molar-refractivity contribution in [1.29, 1.82) is 0 Å². The van der Waals surface area contributed by atoms with E-state index in [2.05, 4.69) is 5.16 Å². The second-order valence-electron chi connectivity index (χ2n) is 2.89. The summed E-state index contributed by atoms with van der Waals surface area (Å²) in [6.45, 7) is 1.81. The zero-order chi connectivity index (χ0) is 9.19. The van der Waals surface area contributed by atoms with Gasteiger partial charge >= 0.3 is 5.97 Å². The number of hydrogen-bond acceptors (Lipinski definition) is 4. The fourth-order valence-electron chi connectivity index (χ4n) is 0.978. The Morgan fingerprint density at radius 2 is 2.58 bits per heavy atom. The SMILES string of the molecule is COCC1=NOC(C)(C(=O)O)C1. The number of carbonyl (C=O) groups is 1. The molecule has 0 amide bonds. The van der Waals surface area contributed by atoms with Gasteiger partial charge in [0.25, 0.3) is 0 Å². The van der Waals surface area contributed by atoms with E-state index in [1.54, 1.807) is 0 Å². The molecule has 0 aromatic heterocycles. The number of carboxylic acid groups (broad SMARTS) is 1. The van der Waals surface area contributed by atoms with Gasteiger partial charge < -0.3 is 14.7 Å². The Bertz CT molecular complexity index is 225. The van der Waals surface area contributed by atoms with Crippen LogP contribution < -0.4 is 0 Å². The lowest BCUT2D eigenvalue weighted by molar-refractivity contribution is -0.160. The zero-order valence-electron chi connectivity index (χ0n) is 7.03. The van der Waals surface area contributed by atoms with Gasteiger partial charge in [-0.1, -0.05) is 5.16 Å². The molecule has 12 heavy (non-hydrogen) atoms. The molecule has 0 spiro atoms. The highest BCUT2D eigenvalue weighted by Gasteiger charge is 2.41. The quantitative estimate of drug-likeness (QED) is 0.664. The molecule has 1 atom stereocenters. The van der Waals surface area contributed by atoms with Crippen LogP contribution in [0.15, 0.2) is 5.16 Å². The summed E-state index contributed by atoms with van der Waals surface area (Å²) in [4.78, 5) is 15.4. The van der Waals surface area contributed by atoms with E-state index < -0.39 is 11.6 Å². The number of carboxylic acids is 1. The van der Waals surface area contributed by atoms with Gasteiger partial charge in [-0.15, -0.1) is 0 Å². The Balaban J connectivity index is 2.55. The molecule has 0 saturated heterocycles. The van der Waals surface area contributed by atoms with E-state index in [1.807, 2.05) is 0 Å². The minimum atomic E-state index is -1.20. The zero-order valence-corrected chi connectivity index (χ0v) is 7.03. The molecule has 5 heteroatoms. The van der Waals surface area contributed by atoms with Crippen LogP contribution in [-0.2, 0) is 14.4 Å². The van der Waals surface area contributed by atoms with Gasteiger partial charge in [0.1, 0.15) is 0 Å². The molecule has 0 saturated carbocycles. The number of methoxy groups -OCH3 is 1. The van der Waals surface area contributed by atoms with Crippen LogP contribution in [0.1, 0.15) is 13.3 Å². The van der Waals surface area contributed by atoms with Crippen molar-refractivity contribution in [1.82, 2.24) is 0 Å². The van der Waals surface area contributed by atoms with Gasteiger partial charge in [-0.3, -0.25) is 0 Å². The van der Waals surface area contributed by atoms with E-state index in [0.29, 0.717) is 12.3 Å². The summed E-state index contributed by atoms with van der Waals surface area (Å²) in [5, 5.41) is 12.3. The van der Waals surface area contributed by atoms with Crippen molar-refractivity contribution < 1.29 is 19.5 Å². The topological polar surface area (TPSA) is 68.1 Å². The predicted molar refractivity (Wildman–Crippen MR) is 41.1 cm³/mol. The number of aliphatic carboxylic acids is 1. The van der Waals surface area contributed by atoms with Gasteiger partial charge in [0, 0.05) is 13.5 Å². The first-order valence-corrected chi connectivity index (χ1v) is 3.55. The Labute approximate surface area is 70.0 Å². The van der Waals surface area contributed by atoms with Crippen LogP contribution >= 0.6 is 0 Å². The third-order valence-corrected chi connectivity index (χ3v) is 1.68. The Morgan fingerprint density at radius 3 is 3.00 bits per heavy atom. The maximum Gasteiger partial charge on any atom is 0.351 e. The minimum Gasteiger partial charge on any atom is -0.478 e. The Morgan fingerprint density at radius 1 is 1.92 bits per heavy atom. The van der Waals surface area contributed by atoms with Crippen LogP contribution in [-0.4, -0.2) is 36.1 Å². The number of oxime groups is 1. The highest BCUT2D eigenvalue weighted by atomic mass is 16.7. The van der Waals surface area contributed by atoms with E-state index in [0.717, 1.165) is 0 Å². The molecular weight excluding hydrogens is 162 g/mol. The molecule has 0 radical (unpaired) electrons. The number of rotatable bonds is 3. The fraction of sp³-hybridized carbons (Fsp3) is 0.714. The van der Waals surface area contributed by atoms with Crippen molar-refractivity contribution in [2.75, 3.05) is 13.7 Å². The van der Waals surface area contributed by atoms with Crippen molar-refractivity contribution in [2.45, 2.75) is 18.9 Å². The van der Waals surface area contributed by atoms with Gasteiger partial charge in [0.05, 0.1) is 12.3 Å². The molecule has 0 aromatic carbocycles. The van der Waals surface area contributed by atoms with Crippen LogP contribution in [0, 0.1) is 0 Å². The van der Waals surface area contributed by atoms with Gasteiger partial charge in [-0.2, -0.15) is 0 Å². The first kappa shape index (κ1) is 8.99. The summed E-state index contributed by atoms with van der Waals surface area (Å²) in [6, 6.07) is 0. The maximum absolute atomic E-state index is 10.6. The van der Waals surface area contributed by atoms with Crippen molar-refractivity contribution in [3.05, 3.63) is 0 Å². The number of hydrogen-bond donors (Lipinski definition) is 1. The molecule has 1 N–H and O–H groups in total. The smallest absolute Gasteiger partial charge is 0.351 e. The molecule has 0 bridgehead atoms. The minimum absolute atomic E-state index is 0.288.